The summed E-state index contributed by atoms with van der Waals surface area (Å²) in [6.45, 7) is 40.7. The fraction of sp³-hybridized carbons (Fsp3) is 0.606. The van der Waals surface area contributed by atoms with E-state index < -0.39 is 16.1 Å². The van der Waals surface area contributed by atoms with E-state index in [9.17, 15) is 0 Å². The summed E-state index contributed by atoms with van der Waals surface area (Å²) in [5.74, 6) is 0. The second-order valence-corrected chi connectivity index (χ2v) is 21.6. The van der Waals surface area contributed by atoms with E-state index in [0.29, 0.717) is 12.1 Å². The van der Waals surface area contributed by atoms with E-state index in [-0.39, 0.29) is 52.1 Å². The van der Waals surface area contributed by atoms with Gasteiger partial charge in [0.05, 0.1) is 8.07 Å². The van der Waals surface area contributed by atoms with Crippen molar-refractivity contribution < 1.29 is 31.1 Å². The standard InChI is InChI=1S/C19H35N2Si.C12H20Si.2CH3.U/c1-12(2)20-18(21-13(3)4)11-22(9,10)19-16(7)14(5)15(6)17(19)8;1-8-9(2)11(4)12(10(8)3)13(5,6)7;;;/h12-13,18H,11H2,1-10H3;5H2,1-4,6-7H3;2*1H3;/q-3;-2;2*-1;+2. The molecule has 0 N–H and O–H groups in total. The smallest absolute Gasteiger partial charge is 0.676 e. The van der Waals surface area contributed by atoms with Crippen LogP contribution in [-0.2, 0) is 0 Å². The Hall–Kier alpha value is 0.106. The van der Waals surface area contributed by atoms with Gasteiger partial charge in [-0.3, -0.25) is 0 Å². The molecular weight excluding hydrogens is 719 g/mol. The summed E-state index contributed by atoms with van der Waals surface area (Å²) in [5, 5.41) is 13.0. The minimum absolute atomic E-state index is 0. The predicted octanol–water partition coefficient (Wildman–Crippen LogP) is 9.27. The van der Waals surface area contributed by atoms with E-state index in [4.69, 9.17) is 10.6 Å². The van der Waals surface area contributed by atoms with E-state index in [2.05, 4.69) is 116 Å². The summed E-state index contributed by atoms with van der Waals surface area (Å²) < 4.78 is 0. The normalized spacial score (nSPS) is 11.7. The van der Waals surface area contributed by atoms with E-state index in [1.165, 1.54) is 44.5 Å². The van der Waals surface area contributed by atoms with Crippen LogP contribution in [0.3, 0.4) is 0 Å². The van der Waals surface area contributed by atoms with Crippen LogP contribution in [0.5, 0.6) is 0 Å². The molecule has 0 aliphatic rings. The maximum Gasteiger partial charge on any atom is 2.00 e. The van der Waals surface area contributed by atoms with Crippen LogP contribution < -0.4 is 10.4 Å². The van der Waals surface area contributed by atoms with Gasteiger partial charge in [-0.05, 0) is 0 Å². The molecule has 220 valence electrons. The summed E-state index contributed by atoms with van der Waals surface area (Å²) in [6.07, 6.45) is 0.149. The van der Waals surface area contributed by atoms with Gasteiger partial charge in [-0.2, -0.15) is 49.3 Å². The Bertz CT molecular complexity index is 927. The summed E-state index contributed by atoms with van der Waals surface area (Å²) in [4.78, 5) is 0. The molecule has 0 radical (unpaired) electrons. The van der Waals surface area contributed by atoms with Crippen LogP contribution in [0, 0.1) is 108 Å². The van der Waals surface area contributed by atoms with Gasteiger partial charge in [-0.15, -0.1) is 12.1 Å². The van der Waals surface area contributed by atoms with Crippen LogP contribution in [0.4, 0.5) is 0 Å². The first-order valence-electron chi connectivity index (χ1n) is 13.5. The zero-order valence-corrected chi connectivity index (χ0v) is 34.7. The molecule has 0 amide bonds. The van der Waals surface area contributed by atoms with E-state index in [0.717, 1.165) is 6.04 Å². The fourth-order valence-corrected chi connectivity index (χ4v) is 12.0. The molecule has 0 aromatic heterocycles. The summed E-state index contributed by atoms with van der Waals surface area (Å²) in [5.41, 5.74) is 11.9. The van der Waals surface area contributed by atoms with Crippen molar-refractivity contribution >= 4 is 26.5 Å². The molecule has 0 unspecified atom stereocenters. The molecule has 5 heteroatoms. The van der Waals surface area contributed by atoms with Gasteiger partial charge < -0.3 is 32.0 Å². The Morgan fingerprint density at radius 2 is 0.974 bits per heavy atom. The van der Waals surface area contributed by atoms with Crippen molar-refractivity contribution in [2.45, 2.75) is 134 Å². The third kappa shape index (κ3) is 10.5. The molecule has 2 aromatic carbocycles. The Balaban J connectivity index is -0.000000663. The van der Waals surface area contributed by atoms with Crippen LogP contribution in [-0.4, -0.2) is 34.4 Å². The van der Waals surface area contributed by atoms with Crippen molar-refractivity contribution in [3.8, 4) is 0 Å². The topological polar surface area (TPSA) is 28.2 Å². The maximum absolute atomic E-state index is 4.88. The Morgan fingerprint density at radius 1 is 0.658 bits per heavy atom. The van der Waals surface area contributed by atoms with Gasteiger partial charge in [0, 0.05) is 0 Å². The van der Waals surface area contributed by atoms with Gasteiger partial charge in [0.2, 0.25) is 0 Å². The maximum atomic E-state index is 4.88. The summed E-state index contributed by atoms with van der Waals surface area (Å²) >= 11 is 0. The van der Waals surface area contributed by atoms with E-state index >= 15 is 0 Å². The minimum atomic E-state index is -1.56. The van der Waals surface area contributed by atoms with Crippen LogP contribution in [0.15, 0.2) is 0 Å². The van der Waals surface area contributed by atoms with Gasteiger partial charge in [0.1, 0.15) is 0 Å². The zero-order valence-electron chi connectivity index (χ0n) is 28.5. The third-order valence-electron chi connectivity index (χ3n) is 7.86. The molecule has 0 aliphatic carbocycles. The minimum Gasteiger partial charge on any atom is -0.676 e. The van der Waals surface area contributed by atoms with Crippen molar-refractivity contribution in [3.05, 3.63) is 76.5 Å². The number of nitrogens with zero attached hydrogens (tertiary/aromatic N) is 2. The second-order valence-electron chi connectivity index (χ2n) is 12.7. The molecule has 0 spiro atoms. The second kappa shape index (κ2) is 16.5. The van der Waals surface area contributed by atoms with Crippen molar-refractivity contribution in [2.24, 2.45) is 0 Å². The molecule has 0 atom stereocenters. The summed E-state index contributed by atoms with van der Waals surface area (Å²) in [6, 6.07) is 1.82. The largest absolute Gasteiger partial charge is 2.00 e. The first-order chi connectivity index (χ1) is 15.7. The molecule has 0 bridgehead atoms. The van der Waals surface area contributed by atoms with Crippen molar-refractivity contribution in [1.29, 1.82) is 0 Å². The van der Waals surface area contributed by atoms with Gasteiger partial charge in [-0.1, -0.05) is 123 Å². The Kier molecular flexibility index (Phi) is 18.5. The third-order valence-corrected chi connectivity index (χ3v) is 13.5. The molecule has 2 nitrogen and oxygen atoms in total. The quantitative estimate of drug-likeness (QED) is 0.189. The molecule has 0 saturated heterocycles. The molecule has 2 rings (SSSR count). The molecule has 0 fully saturated rings. The van der Waals surface area contributed by atoms with Gasteiger partial charge in [0.25, 0.3) is 0 Å². The zero-order chi connectivity index (χ0) is 27.6. The molecular formula is C33H61N2Si2U-5. The first kappa shape index (κ1) is 42.6. The van der Waals surface area contributed by atoms with Gasteiger partial charge in [-0.25, -0.2) is 11.7 Å². The molecule has 0 saturated carbocycles. The predicted molar refractivity (Wildman–Crippen MR) is 180 cm³/mol. The molecule has 0 heterocycles. The fourth-order valence-electron chi connectivity index (χ4n) is 5.86. The van der Waals surface area contributed by atoms with E-state index in [1.807, 2.05) is 0 Å². The van der Waals surface area contributed by atoms with Gasteiger partial charge in [0.15, 0.2) is 0 Å². The monoisotopic (exact) mass is 779 g/mol. The van der Waals surface area contributed by atoms with E-state index in [1.54, 1.807) is 10.4 Å². The van der Waals surface area contributed by atoms with Crippen molar-refractivity contribution in [3.63, 3.8) is 0 Å². The average Bonchev–Trinajstić information content (AvgIpc) is 2.99. The number of hydrogen-bond acceptors (Lipinski definition) is 0. The molecule has 38 heavy (non-hydrogen) atoms. The van der Waals surface area contributed by atoms with Crippen LogP contribution in [0.2, 0.25) is 32.2 Å². The van der Waals surface area contributed by atoms with Crippen molar-refractivity contribution in [1.82, 2.24) is 0 Å². The average molecular weight is 780 g/mol. The number of rotatable bonds is 8. The van der Waals surface area contributed by atoms with Crippen LogP contribution in [0.25, 0.3) is 10.6 Å². The molecule has 0 aliphatic heterocycles. The van der Waals surface area contributed by atoms with Crippen molar-refractivity contribution in [2.75, 3.05) is 0 Å². The molecule has 2 aromatic rings. The Morgan fingerprint density at radius 3 is 1.18 bits per heavy atom. The summed E-state index contributed by atoms with van der Waals surface area (Å²) in [7, 11) is -2.95. The Labute approximate surface area is 266 Å². The SMILES string of the molecule is Cc1c(C)c([Si](C)(C)CC([N-]C(C)C)[N-]C(C)C)[c-](C)c1C.[CH2-][Si](C)(C)c1c(C)c(C)c(C)[c-]1C.[CH3-].[CH3-].[U+2]. The van der Waals surface area contributed by atoms with Crippen LogP contribution >= 0.6 is 0 Å². The van der Waals surface area contributed by atoms with Gasteiger partial charge >= 0.3 is 31.1 Å². The van der Waals surface area contributed by atoms with Crippen LogP contribution in [0.1, 0.15) is 72.2 Å². The number of hydrogen-bond donors (Lipinski definition) is 0. The first-order valence-corrected chi connectivity index (χ1v) is 19.9.